The first-order valence-corrected chi connectivity index (χ1v) is 6.13. The number of amides is 1. The largest absolute Gasteiger partial charge is 0.355 e. The summed E-state index contributed by atoms with van der Waals surface area (Å²) in [5, 5.41) is 6.52. The molecule has 1 aromatic heterocycles. The molecule has 100 valence electrons. The number of benzene rings is 1. The molecule has 0 saturated carbocycles. The Balaban J connectivity index is 2.15. The molecule has 0 bridgehead atoms. The summed E-state index contributed by atoms with van der Waals surface area (Å²) in [6.45, 7) is 3.90. The number of nitrogens with zero attached hydrogens (tertiary/aromatic N) is 1. The second-order valence-electron chi connectivity index (χ2n) is 4.37. The molecule has 0 unspecified atom stereocenters. The maximum absolute atomic E-state index is 12.8. The lowest BCUT2D eigenvalue weighted by molar-refractivity contribution is 0.0930. The van der Waals surface area contributed by atoms with Crippen LogP contribution in [-0.4, -0.2) is 17.1 Å². The lowest BCUT2D eigenvalue weighted by Crippen LogP contribution is -2.32. The van der Waals surface area contributed by atoms with E-state index in [1.807, 2.05) is 13.8 Å². The summed E-state index contributed by atoms with van der Waals surface area (Å²) in [4.78, 5) is 11.8. The van der Waals surface area contributed by atoms with Crippen LogP contribution in [0.3, 0.4) is 0 Å². The molecule has 0 fully saturated rings. The zero-order chi connectivity index (χ0) is 13.8. The molecule has 0 aliphatic rings. The predicted octanol–water partition coefficient (Wildman–Crippen LogP) is 3.01. The summed E-state index contributed by atoms with van der Waals surface area (Å²) in [6.07, 6.45) is 0.842. The molecule has 0 aliphatic carbocycles. The van der Waals surface area contributed by atoms with Crippen LogP contribution in [0, 0.1) is 5.82 Å². The van der Waals surface area contributed by atoms with E-state index in [0.29, 0.717) is 11.3 Å². The highest BCUT2D eigenvalue weighted by Gasteiger charge is 2.15. The van der Waals surface area contributed by atoms with Gasteiger partial charge in [-0.2, -0.15) is 0 Å². The van der Waals surface area contributed by atoms with Crippen molar-refractivity contribution in [2.24, 2.45) is 0 Å². The summed E-state index contributed by atoms with van der Waals surface area (Å²) in [5.41, 5.74) is 0.899. The van der Waals surface area contributed by atoms with Crippen LogP contribution in [-0.2, 0) is 0 Å². The molecule has 4 nitrogen and oxygen atoms in total. The number of carbonyl (C=O) groups excluding carboxylic acids is 1. The molecular formula is C14H15FN2O2. The minimum atomic E-state index is -0.321. The Morgan fingerprint density at radius 3 is 2.74 bits per heavy atom. The van der Waals surface area contributed by atoms with Crippen LogP contribution < -0.4 is 5.32 Å². The van der Waals surface area contributed by atoms with Gasteiger partial charge in [0, 0.05) is 17.7 Å². The Morgan fingerprint density at radius 1 is 1.42 bits per heavy atom. The van der Waals surface area contributed by atoms with Crippen molar-refractivity contribution >= 4 is 5.91 Å². The van der Waals surface area contributed by atoms with Crippen LogP contribution in [0.25, 0.3) is 11.3 Å². The topological polar surface area (TPSA) is 55.1 Å². The molecule has 1 heterocycles. The first-order chi connectivity index (χ1) is 9.10. The van der Waals surface area contributed by atoms with Crippen LogP contribution in [0.2, 0.25) is 0 Å². The highest BCUT2D eigenvalue weighted by atomic mass is 19.1. The quantitative estimate of drug-likeness (QED) is 0.921. The Labute approximate surface area is 110 Å². The van der Waals surface area contributed by atoms with Crippen LogP contribution in [0.5, 0.6) is 0 Å². The number of carbonyl (C=O) groups is 1. The first kappa shape index (κ1) is 13.3. The summed E-state index contributed by atoms with van der Waals surface area (Å²) < 4.78 is 17.9. The number of halogens is 1. The van der Waals surface area contributed by atoms with Gasteiger partial charge in [0.2, 0.25) is 0 Å². The number of hydrogen-bond acceptors (Lipinski definition) is 3. The molecule has 0 saturated heterocycles. The van der Waals surface area contributed by atoms with E-state index in [4.69, 9.17) is 4.52 Å². The monoisotopic (exact) mass is 262 g/mol. The molecule has 1 amide bonds. The van der Waals surface area contributed by atoms with Crippen LogP contribution in [0.15, 0.2) is 34.9 Å². The summed E-state index contributed by atoms with van der Waals surface area (Å²) in [5.74, 6) is -0.154. The number of rotatable bonds is 4. The Kier molecular flexibility index (Phi) is 3.94. The second kappa shape index (κ2) is 5.65. The highest BCUT2D eigenvalue weighted by Crippen LogP contribution is 2.20. The third kappa shape index (κ3) is 3.19. The van der Waals surface area contributed by atoms with Gasteiger partial charge in [-0.3, -0.25) is 4.79 Å². The molecule has 0 aliphatic heterocycles. The van der Waals surface area contributed by atoms with Gasteiger partial charge in [0.15, 0.2) is 11.5 Å². The highest BCUT2D eigenvalue weighted by molar-refractivity contribution is 5.93. The van der Waals surface area contributed by atoms with E-state index < -0.39 is 0 Å². The van der Waals surface area contributed by atoms with E-state index in [0.717, 1.165) is 6.42 Å². The first-order valence-electron chi connectivity index (χ1n) is 6.13. The fourth-order valence-electron chi connectivity index (χ4n) is 1.53. The van der Waals surface area contributed by atoms with Crippen molar-refractivity contribution in [3.8, 4) is 11.3 Å². The van der Waals surface area contributed by atoms with Crippen molar-refractivity contribution in [3.63, 3.8) is 0 Å². The Hall–Kier alpha value is -2.17. The van der Waals surface area contributed by atoms with E-state index in [9.17, 15) is 9.18 Å². The number of hydrogen-bond donors (Lipinski definition) is 1. The van der Waals surface area contributed by atoms with Crippen molar-refractivity contribution in [1.29, 1.82) is 0 Å². The van der Waals surface area contributed by atoms with Gasteiger partial charge in [0.05, 0.1) is 0 Å². The van der Waals surface area contributed by atoms with Gasteiger partial charge in [0.25, 0.3) is 5.91 Å². The zero-order valence-electron chi connectivity index (χ0n) is 10.8. The minimum absolute atomic E-state index is 0.0819. The van der Waals surface area contributed by atoms with Gasteiger partial charge >= 0.3 is 0 Å². The number of nitrogens with one attached hydrogen (secondary N) is 1. The molecule has 1 atom stereocenters. The summed E-state index contributed by atoms with van der Waals surface area (Å²) >= 11 is 0. The van der Waals surface area contributed by atoms with Crippen molar-refractivity contribution < 1.29 is 13.7 Å². The molecule has 0 radical (unpaired) electrons. The van der Waals surface area contributed by atoms with Gasteiger partial charge in [0.1, 0.15) is 5.82 Å². The van der Waals surface area contributed by atoms with Crippen LogP contribution >= 0.6 is 0 Å². The van der Waals surface area contributed by atoms with Gasteiger partial charge in [-0.05, 0) is 37.6 Å². The van der Waals surface area contributed by atoms with Gasteiger partial charge in [-0.15, -0.1) is 0 Å². The van der Waals surface area contributed by atoms with E-state index in [1.54, 1.807) is 18.2 Å². The van der Waals surface area contributed by atoms with Gasteiger partial charge < -0.3 is 9.84 Å². The average molecular weight is 262 g/mol. The molecular weight excluding hydrogens is 247 g/mol. The molecule has 2 rings (SSSR count). The summed E-state index contributed by atoms with van der Waals surface area (Å²) in [6, 6.07) is 7.44. The molecule has 1 N–H and O–H groups in total. The lowest BCUT2D eigenvalue weighted by Gasteiger charge is -2.08. The second-order valence-corrected chi connectivity index (χ2v) is 4.37. The van der Waals surface area contributed by atoms with Crippen molar-refractivity contribution in [3.05, 3.63) is 41.8 Å². The minimum Gasteiger partial charge on any atom is -0.355 e. The molecule has 0 spiro atoms. The van der Waals surface area contributed by atoms with Crippen LogP contribution in [0.4, 0.5) is 4.39 Å². The third-order valence-corrected chi connectivity index (χ3v) is 2.86. The fraction of sp³-hybridized carbons (Fsp3) is 0.286. The van der Waals surface area contributed by atoms with E-state index in [2.05, 4.69) is 10.5 Å². The van der Waals surface area contributed by atoms with E-state index >= 15 is 0 Å². The standard InChI is InChI=1S/C14H15FN2O2/c1-3-9(2)16-14(18)12-8-13(19-17-12)10-4-6-11(15)7-5-10/h4-9H,3H2,1-2H3,(H,16,18)/t9-/m1/s1. The normalized spacial score (nSPS) is 12.2. The molecule has 2 aromatic rings. The lowest BCUT2D eigenvalue weighted by atomic mass is 10.1. The SMILES string of the molecule is CC[C@@H](C)NC(=O)c1cc(-c2ccc(F)cc2)on1. The maximum Gasteiger partial charge on any atom is 0.273 e. The van der Waals surface area contributed by atoms with Gasteiger partial charge in [-0.1, -0.05) is 12.1 Å². The molecule has 19 heavy (non-hydrogen) atoms. The third-order valence-electron chi connectivity index (χ3n) is 2.86. The Bertz CT molecular complexity index is 563. The average Bonchev–Trinajstić information content (AvgIpc) is 2.89. The van der Waals surface area contributed by atoms with Crippen molar-refractivity contribution in [2.75, 3.05) is 0 Å². The van der Waals surface area contributed by atoms with E-state index in [-0.39, 0.29) is 23.5 Å². The van der Waals surface area contributed by atoms with Gasteiger partial charge in [-0.25, -0.2) is 4.39 Å². The molecule has 5 heteroatoms. The Morgan fingerprint density at radius 2 is 2.11 bits per heavy atom. The fourth-order valence-corrected chi connectivity index (χ4v) is 1.53. The maximum atomic E-state index is 12.8. The molecule has 1 aromatic carbocycles. The summed E-state index contributed by atoms with van der Waals surface area (Å²) in [7, 11) is 0. The zero-order valence-corrected chi connectivity index (χ0v) is 10.8. The van der Waals surface area contributed by atoms with Crippen molar-refractivity contribution in [2.45, 2.75) is 26.3 Å². The smallest absolute Gasteiger partial charge is 0.273 e. The predicted molar refractivity (Wildman–Crippen MR) is 69.1 cm³/mol. The van der Waals surface area contributed by atoms with Crippen LogP contribution in [0.1, 0.15) is 30.8 Å². The number of aromatic nitrogens is 1. The van der Waals surface area contributed by atoms with Crippen molar-refractivity contribution in [1.82, 2.24) is 10.5 Å². The van der Waals surface area contributed by atoms with E-state index in [1.165, 1.54) is 12.1 Å².